The molecule has 0 unspecified atom stereocenters. The van der Waals surface area contributed by atoms with Gasteiger partial charge in [-0.2, -0.15) is 0 Å². The van der Waals surface area contributed by atoms with Crippen LogP contribution < -0.4 is 15.5 Å². The molecule has 0 radical (unpaired) electrons. The molecule has 1 aliphatic heterocycles. The van der Waals surface area contributed by atoms with Crippen LogP contribution in [0.5, 0.6) is 0 Å². The Hall–Kier alpha value is -1.65. The highest BCUT2D eigenvalue weighted by atomic mass is 35.5. The molecule has 110 valence electrons. The van der Waals surface area contributed by atoms with Gasteiger partial charge in [-0.15, -0.1) is 0 Å². The Labute approximate surface area is 134 Å². The second-order valence-corrected chi connectivity index (χ2v) is 5.81. The fraction of sp³-hybridized carbons (Fsp3) is 0.267. The van der Waals surface area contributed by atoms with Crippen molar-refractivity contribution in [1.29, 1.82) is 0 Å². The van der Waals surface area contributed by atoms with Crippen LogP contribution >= 0.6 is 23.2 Å². The van der Waals surface area contributed by atoms with Gasteiger partial charge in [0.1, 0.15) is 5.82 Å². The van der Waals surface area contributed by atoms with Gasteiger partial charge in [-0.05, 0) is 18.2 Å². The average molecular weight is 323 g/mol. The normalized spacial score (nSPS) is 15.3. The van der Waals surface area contributed by atoms with Crippen molar-refractivity contribution in [2.45, 2.75) is 0 Å². The standard InChI is InChI=1S/C15H16Cl2N4/c16-12-3-1-2-4-14(12)20-5-7-21(8-6-20)15-13(17)9-11(18)10-19-15/h1-4,9-10H,5-8,18H2. The first-order valence-electron chi connectivity index (χ1n) is 6.80. The van der Waals surface area contributed by atoms with Crippen LogP contribution in [0.4, 0.5) is 17.2 Å². The fourth-order valence-corrected chi connectivity index (χ4v) is 3.10. The maximum Gasteiger partial charge on any atom is 0.147 e. The summed E-state index contributed by atoms with van der Waals surface area (Å²) >= 11 is 12.5. The molecule has 1 aliphatic rings. The fourth-order valence-electron chi connectivity index (χ4n) is 2.55. The van der Waals surface area contributed by atoms with Crippen LogP contribution in [0.1, 0.15) is 0 Å². The third-order valence-electron chi connectivity index (χ3n) is 3.62. The summed E-state index contributed by atoms with van der Waals surface area (Å²) in [6.07, 6.45) is 1.64. The van der Waals surface area contributed by atoms with Crippen LogP contribution in [0.2, 0.25) is 10.0 Å². The molecule has 2 heterocycles. The summed E-state index contributed by atoms with van der Waals surface area (Å²) in [5, 5.41) is 1.38. The van der Waals surface area contributed by atoms with E-state index < -0.39 is 0 Å². The topological polar surface area (TPSA) is 45.4 Å². The second kappa shape index (κ2) is 6.00. The number of hydrogen-bond donors (Lipinski definition) is 1. The Balaban J connectivity index is 1.72. The first kappa shape index (κ1) is 14.3. The van der Waals surface area contributed by atoms with E-state index in [1.54, 1.807) is 12.3 Å². The van der Waals surface area contributed by atoms with Crippen LogP contribution in [-0.4, -0.2) is 31.2 Å². The molecule has 2 N–H and O–H groups in total. The van der Waals surface area contributed by atoms with Crippen LogP contribution in [0.3, 0.4) is 0 Å². The van der Waals surface area contributed by atoms with Crippen molar-refractivity contribution in [3.63, 3.8) is 0 Å². The number of nitrogens with zero attached hydrogens (tertiary/aromatic N) is 3. The molecule has 1 saturated heterocycles. The lowest BCUT2D eigenvalue weighted by atomic mass is 10.2. The summed E-state index contributed by atoms with van der Waals surface area (Å²) in [6, 6.07) is 9.66. The van der Waals surface area contributed by atoms with E-state index in [4.69, 9.17) is 28.9 Å². The van der Waals surface area contributed by atoms with Crippen molar-refractivity contribution < 1.29 is 0 Å². The van der Waals surface area contributed by atoms with Crippen molar-refractivity contribution in [3.05, 3.63) is 46.6 Å². The maximum atomic E-state index is 6.25. The van der Waals surface area contributed by atoms with Crippen LogP contribution in [0.15, 0.2) is 36.5 Å². The van der Waals surface area contributed by atoms with Gasteiger partial charge in [0.2, 0.25) is 0 Å². The number of anilines is 3. The zero-order valence-corrected chi connectivity index (χ0v) is 13.0. The van der Waals surface area contributed by atoms with Crippen LogP contribution in [-0.2, 0) is 0 Å². The van der Waals surface area contributed by atoms with Crippen LogP contribution in [0, 0.1) is 0 Å². The number of hydrogen-bond acceptors (Lipinski definition) is 4. The van der Waals surface area contributed by atoms with E-state index in [0.717, 1.165) is 42.7 Å². The van der Waals surface area contributed by atoms with E-state index in [9.17, 15) is 0 Å². The molecule has 0 saturated carbocycles. The molecule has 3 rings (SSSR count). The van der Waals surface area contributed by atoms with Crippen molar-refractivity contribution in [3.8, 4) is 0 Å². The molecule has 0 spiro atoms. The average Bonchev–Trinajstić information content (AvgIpc) is 2.48. The lowest BCUT2D eigenvalue weighted by Gasteiger charge is -2.37. The third-order valence-corrected chi connectivity index (χ3v) is 4.21. The molecule has 21 heavy (non-hydrogen) atoms. The van der Waals surface area contributed by atoms with Gasteiger partial charge >= 0.3 is 0 Å². The lowest BCUT2D eigenvalue weighted by Crippen LogP contribution is -2.47. The van der Waals surface area contributed by atoms with Crippen LogP contribution in [0.25, 0.3) is 0 Å². The number of nitrogens with two attached hydrogens (primary N) is 1. The molecule has 0 aliphatic carbocycles. The number of nitrogen functional groups attached to an aromatic ring is 1. The Morgan fingerprint density at radius 2 is 1.62 bits per heavy atom. The summed E-state index contributed by atoms with van der Waals surface area (Å²) in [5.74, 6) is 0.796. The van der Waals surface area contributed by atoms with E-state index in [2.05, 4.69) is 14.8 Å². The Morgan fingerprint density at radius 3 is 2.29 bits per heavy atom. The Bertz CT molecular complexity index is 639. The van der Waals surface area contributed by atoms with Gasteiger partial charge in [-0.25, -0.2) is 4.98 Å². The van der Waals surface area contributed by atoms with Crippen molar-refractivity contribution in [2.75, 3.05) is 41.7 Å². The molecular formula is C15H16Cl2N4. The number of pyridine rings is 1. The van der Waals surface area contributed by atoms with Gasteiger partial charge in [0.15, 0.2) is 0 Å². The molecule has 1 aromatic carbocycles. The van der Waals surface area contributed by atoms with Gasteiger partial charge in [-0.1, -0.05) is 35.3 Å². The highest BCUT2D eigenvalue weighted by Crippen LogP contribution is 2.29. The highest BCUT2D eigenvalue weighted by molar-refractivity contribution is 6.33. The summed E-state index contributed by atoms with van der Waals surface area (Å²) in [6.45, 7) is 3.46. The minimum Gasteiger partial charge on any atom is -0.397 e. The second-order valence-electron chi connectivity index (χ2n) is 5.00. The molecule has 0 amide bonds. The molecule has 0 atom stereocenters. The van der Waals surface area contributed by atoms with Crippen molar-refractivity contribution >= 4 is 40.4 Å². The predicted molar refractivity (Wildman–Crippen MR) is 89.5 cm³/mol. The van der Waals surface area contributed by atoms with Gasteiger partial charge in [-0.3, -0.25) is 0 Å². The number of rotatable bonds is 2. The van der Waals surface area contributed by atoms with E-state index in [1.807, 2.05) is 24.3 Å². The van der Waals surface area contributed by atoms with E-state index in [-0.39, 0.29) is 0 Å². The maximum absolute atomic E-state index is 6.25. The molecule has 1 aromatic heterocycles. The summed E-state index contributed by atoms with van der Waals surface area (Å²) < 4.78 is 0. The quantitative estimate of drug-likeness (QED) is 0.921. The smallest absolute Gasteiger partial charge is 0.147 e. The minimum atomic E-state index is 0.582. The first-order chi connectivity index (χ1) is 10.1. The first-order valence-corrected chi connectivity index (χ1v) is 7.56. The van der Waals surface area contributed by atoms with Crippen molar-refractivity contribution in [1.82, 2.24) is 4.98 Å². The van der Waals surface area contributed by atoms with Crippen molar-refractivity contribution in [2.24, 2.45) is 0 Å². The number of piperazine rings is 1. The monoisotopic (exact) mass is 322 g/mol. The van der Waals surface area contributed by atoms with E-state index in [0.29, 0.717) is 10.7 Å². The number of para-hydroxylation sites is 1. The number of halogens is 2. The predicted octanol–water partition coefficient (Wildman–Crippen LogP) is 3.30. The van der Waals surface area contributed by atoms with Gasteiger partial charge in [0.05, 0.1) is 27.6 Å². The van der Waals surface area contributed by atoms with Gasteiger partial charge < -0.3 is 15.5 Å². The highest BCUT2D eigenvalue weighted by Gasteiger charge is 2.21. The largest absolute Gasteiger partial charge is 0.397 e. The van der Waals surface area contributed by atoms with Gasteiger partial charge in [0, 0.05) is 26.2 Å². The zero-order valence-electron chi connectivity index (χ0n) is 11.5. The molecular weight excluding hydrogens is 307 g/mol. The summed E-state index contributed by atoms with van der Waals surface area (Å²) in [5.41, 5.74) is 7.34. The molecule has 6 heteroatoms. The summed E-state index contributed by atoms with van der Waals surface area (Å²) in [7, 11) is 0. The Kier molecular flexibility index (Phi) is 4.08. The SMILES string of the molecule is Nc1cnc(N2CCN(c3ccccc3Cl)CC2)c(Cl)c1. The van der Waals surface area contributed by atoms with E-state index in [1.165, 1.54) is 0 Å². The lowest BCUT2D eigenvalue weighted by molar-refractivity contribution is 0.648. The Morgan fingerprint density at radius 1 is 0.952 bits per heavy atom. The van der Waals surface area contributed by atoms with Gasteiger partial charge in [0.25, 0.3) is 0 Å². The summed E-state index contributed by atoms with van der Waals surface area (Å²) in [4.78, 5) is 8.80. The number of aromatic nitrogens is 1. The molecule has 2 aromatic rings. The number of benzene rings is 1. The third kappa shape index (κ3) is 3.01. The minimum absolute atomic E-state index is 0.582. The molecule has 1 fully saturated rings. The molecule has 0 bridgehead atoms. The molecule has 4 nitrogen and oxygen atoms in total. The van der Waals surface area contributed by atoms with E-state index >= 15 is 0 Å². The zero-order chi connectivity index (χ0) is 14.8.